The predicted molar refractivity (Wildman–Crippen MR) is 347 cm³/mol. The molecule has 0 saturated carbocycles. The molecule has 8 atom stereocenters. The molecule has 1 rings (SSSR count). The van der Waals surface area contributed by atoms with Crippen LogP contribution in [0, 0.1) is 0 Å². The topological polar surface area (TPSA) is 175 Å². The van der Waals surface area contributed by atoms with Gasteiger partial charge < -0.3 is 45.1 Å². The largest absolute Gasteiger partial charge is 0.454 e. The highest BCUT2D eigenvalue weighted by molar-refractivity contribution is 5.80. The first-order valence-corrected chi connectivity index (χ1v) is 33.3. The molecule has 1 aliphatic rings. The molecule has 0 radical (unpaired) electrons. The van der Waals surface area contributed by atoms with Crippen molar-refractivity contribution in [2.24, 2.45) is 0 Å². The van der Waals surface area contributed by atoms with E-state index in [0.29, 0.717) is 12.8 Å². The summed E-state index contributed by atoms with van der Waals surface area (Å²) in [6, 6.07) is -1.04. The normalized spacial score (nSPS) is 19.3. The van der Waals surface area contributed by atoms with Gasteiger partial charge in [-0.25, -0.2) is 0 Å². The molecule has 0 aromatic rings. The van der Waals surface area contributed by atoms with Crippen LogP contribution >= 0.6 is 0 Å². The van der Waals surface area contributed by atoms with Crippen LogP contribution in [0.4, 0.5) is 0 Å². The van der Waals surface area contributed by atoms with Crippen LogP contribution < -0.4 is 5.32 Å². The zero-order chi connectivity index (χ0) is 60.3. The highest BCUT2D eigenvalue weighted by Gasteiger charge is 2.47. The Hall–Kier alpha value is -3.94. The molecule has 0 aromatic carbocycles. The average Bonchev–Trinajstić information content (AvgIpc) is 3.69. The number of unbranched alkanes of at least 4 members (excludes halogenated alkanes) is 23. The van der Waals surface area contributed by atoms with Crippen molar-refractivity contribution in [1.82, 2.24) is 5.32 Å². The first-order chi connectivity index (χ1) is 40.7. The summed E-state index contributed by atoms with van der Waals surface area (Å²) in [4.78, 5) is 26.6. The van der Waals surface area contributed by atoms with Crippen LogP contribution in [0.1, 0.15) is 258 Å². The van der Waals surface area contributed by atoms with Gasteiger partial charge in [-0.05, 0) is 116 Å². The molecule has 1 amide bonds. The smallest absolute Gasteiger partial charge is 0.306 e. The molecular weight excluding hydrogens is 1040 g/mol. The standard InChI is InChI=1S/C72H121NO10/c1-4-7-10-13-16-19-22-24-26-28-30-32-34-35-37-39-41-44-47-50-53-56-59-65(76)71(80)73-63(64(75)58-55-52-49-46-43-21-18-15-12-9-6-3)62-81-72-70(69(79)68(78)66(61-74)82-72)83-67(77)60-57-54-51-48-45-42-40-38-36-33-31-29-27-25-23-20-17-14-11-8-5-2/h8,11,16-17,19-20,24-27,30-33,38,40,45,48,55,58,63-66,68-70,72,74-76,78-79H,4-7,9-10,12-15,18,21-23,28-29,34-37,39,41-44,46-47,49-54,56-57,59-62H2,1-3H3,(H,73,80)/b11-8-,19-16-,20-17-,26-24-,27-25-,32-30-,33-31-,40-38-,48-45-,58-55+. The maximum Gasteiger partial charge on any atom is 0.306 e. The second-order valence-electron chi connectivity index (χ2n) is 22.5. The fourth-order valence-electron chi connectivity index (χ4n) is 9.60. The Morgan fingerprint density at radius 2 is 0.867 bits per heavy atom. The van der Waals surface area contributed by atoms with Crippen molar-refractivity contribution in [3.63, 3.8) is 0 Å². The zero-order valence-electron chi connectivity index (χ0n) is 52.5. The third-order valence-corrected chi connectivity index (χ3v) is 14.8. The highest BCUT2D eigenvalue weighted by Crippen LogP contribution is 2.26. The number of aliphatic hydroxyl groups excluding tert-OH is 5. The zero-order valence-corrected chi connectivity index (χ0v) is 52.5. The summed E-state index contributed by atoms with van der Waals surface area (Å²) >= 11 is 0. The molecule has 0 bridgehead atoms. The van der Waals surface area contributed by atoms with Crippen LogP contribution in [0.2, 0.25) is 0 Å². The molecule has 1 heterocycles. The monoisotopic (exact) mass is 1160 g/mol. The van der Waals surface area contributed by atoms with Gasteiger partial charge in [0.1, 0.15) is 24.4 Å². The molecule has 1 saturated heterocycles. The second-order valence-corrected chi connectivity index (χ2v) is 22.5. The van der Waals surface area contributed by atoms with Crippen molar-refractivity contribution in [2.75, 3.05) is 13.2 Å². The third-order valence-electron chi connectivity index (χ3n) is 14.8. The van der Waals surface area contributed by atoms with Crippen LogP contribution in [0.5, 0.6) is 0 Å². The molecule has 0 spiro atoms. The van der Waals surface area contributed by atoms with Crippen molar-refractivity contribution in [3.8, 4) is 0 Å². The van der Waals surface area contributed by atoms with Crippen molar-refractivity contribution < 1.29 is 49.3 Å². The van der Waals surface area contributed by atoms with Crippen molar-refractivity contribution in [3.05, 3.63) is 122 Å². The summed E-state index contributed by atoms with van der Waals surface area (Å²) in [6.07, 6.45) is 70.9. The van der Waals surface area contributed by atoms with Crippen LogP contribution in [0.15, 0.2) is 122 Å². The number of aliphatic hydroxyl groups is 5. The Bertz CT molecular complexity index is 1810. The molecule has 6 N–H and O–H groups in total. The van der Waals surface area contributed by atoms with E-state index in [1.54, 1.807) is 6.08 Å². The molecule has 1 aliphatic heterocycles. The molecular formula is C72H121NO10. The minimum Gasteiger partial charge on any atom is -0.454 e. The molecule has 11 nitrogen and oxygen atoms in total. The number of carbonyl (C=O) groups excluding carboxylic acids is 2. The summed E-state index contributed by atoms with van der Waals surface area (Å²) < 4.78 is 17.6. The third kappa shape index (κ3) is 46.0. The lowest BCUT2D eigenvalue weighted by molar-refractivity contribution is -0.305. The fraction of sp³-hybridized carbons (Fsp3) is 0.694. The number of esters is 1. The van der Waals surface area contributed by atoms with Crippen LogP contribution in [-0.4, -0.2) is 99.6 Å². The summed E-state index contributed by atoms with van der Waals surface area (Å²) in [5, 5.41) is 57.1. The first-order valence-electron chi connectivity index (χ1n) is 33.3. The summed E-state index contributed by atoms with van der Waals surface area (Å²) in [7, 11) is 0. The van der Waals surface area contributed by atoms with E-state index in [9.17, 15) is 35.1 Å². The van der Waals surface area contributed by atoms with Gasteiger partial charge in [0.2, 0.25) is 5.91 Å². The molecule has 0 aromatic heterocycles. The van der Waals surface area contributed by atoms with Crippen LogP contribution in [-0.2, 0) is 23.8 Å². The Balaban J connectivity index is 2.65. The maximum absolute atomic E-state index is 13.5. The van der Waals surface area contributed by atoms with Gasteiger partial charge in [-0.15, -0.1) is 0 Å². The highest BCUT2D eigenvalue weighted by atomic mass is 16.7. The van der Waals surface area contributed by atoms with E-state index >= 15 is 0 Å². The number of nitrogens with one attached hydrogen (secondary N) is 1. The number of amides is 1. The lowest BCUT2D eigenvalue weighted by atomic mass is 9.99. The van der Waals surface area contributed by atoms with Crippen molar-refractivity contribution in [2.45, 2.75) is 307 Å². The predicted octanol–water partition coefficient (Wildman–Crippen LogP) is 16.6. The van der Waals surface area contributed by atoms with Crippen molar-refractivity contribution >= 4 is 11.9 Å². The minimum absolute atomic E-state index is 0.0618. The molecule has 83 heavy (non-hydrogen) atoms. The number of hydrogen-bond acceptors (Lipinski definition) is 10. The Morgan fingerprint density at radius 1 is 0.482 bits per heavy atom. The van der Waals surface area contributed by atoms with Gasteiger partial charge in [-0.1, -0.05) is 258 Å². The summed E-state index contributed by atoms with van der Waals surface area (Å²) in [5.41, 5.74) is 0. The Labute approximate surface area is 506 Å². The van der Waals surface area contributed by atoms with E-state index in [4.69, 9.17) is 14.2 Å². The molecule has 1 fully saturated rings. The van der Waals surface area contributed by atoms with E-state index < -0.39 is 67.4 Å². The van der Waals surface area contributed by atoms with E-state index in [-0.39, 0.29) is 19.4 Å². The van der Waals surface area contributed by atoms with E-state index in [0.717, 1.165) is 116 Å². The molecule has 0 aliphatic carbocycles. The number of hydrogen-bond donors (Lipinski definition) is 6. The second kappa shape index (κ2) is 58.4. The Morgan fingerprint density at radius 3 is 1.33 bits per heavy atom. The summed E-state index contributed by atoms with van der Waals surface area (Å²) in [6.45, 7) is 5.62. The maximum atomic E-state index is 13.5. The van der Waals surface area contributed by atoms with E-state index in [2.05, 4.69) is 135 Å². The quantitative estimate of drug-likeness (QED) is 0.0195. The van der Waals surface area contributed by atoms with Gasteiger partial charge in [0.25, 0.3) is 0 Å². The van der Waals surface area contributed by atoms with Crippen molar-refractivity contribution in [1.29, 1.82) is 0 Å². The summed E-state index contributed by atoms with van der Waals surface area (Å²) in [5.74, 6) is -1.25. The van der Waals surface area contributed by atoms with E-state index in [1.807, 2.05) is 6.08 Å². The lowest BCUT2D eigenvalue weighted by Gasteiger charge is -2.41. The number of rotatable bonds is 55. The molecule has 474 valence electrons. The minimum atomic E-state index is -1.64. The molecule has 11 heteroatoms. The van der Waals surface area contributed by atoms with Gasteiger partial charge in [-0.2, -0.15) is 0 Å². The number of carbonyl (C=O) groups is 2. The van der Waals surface area contributed by atoms with Gasteiger partial charge in [0.05, 0.1) is 25.4 Å². The van der Waals surface area contributed by atoms with Crippen LogP contribution in [0.3, 0.4) is 0 Å². The number of ether oxygens (including phenoxy) is 3. The van der Waals surface area contributed by atoms with Gasteiger partial charge >= 0.3 is 5.97 Å². The van der Waals surface area contributed by atoms with E-state index in [1.165, 1.54) is 96.3 Å². The number of allylic oxidation sites excluding steroid dienone is 19. The van der Waals surface area contributed by atoms with Gasteiger partial charge in [0, 0.05) is 6.42 Å². The first kappa shape index (κ1) is 77.1. The SMILES string of the molecule is CC/C=C\C/C=C\C/C=C\C/C=C\C/C=C\C/C=C\CCCCC(=O)OC1C(OCC(NC(=O)C(O)CCCCCCCCCCC/C=C\C/C=C\C/C=C\CCCCC)C(O)/C=C/CCCCCCCCCCC)OC(CO)C(O)C1O. The fourth-order valence-corrected chi connectivity index (χ4v) is 9.60. The lowest BCUT2D eigenvalue weighted by Crippen LogP contribution is -2.61. The molecule has 8 unspecified atom stereocenters. The average molecular weight is 1160 g/mol. The van der Waals surface area contributed by atoms with Crippen LogP contribution in [0.25, 0.3) is 0 Å². The Kier molecular flexibility index (Phi) is 54.3. The van der Waals surface area contributed by atoms with Gasteiger partial charge in [-0.3, -0.25) is 9.59 Å². The van der Waals surface area contributed by atoms with Gasteiger partial charge in [0.15, 0.2) is 12.4 Å².